The molecule has 6 nitrogen and oxygen atoms in total. The maximum absolute atomic E-state index is 11.5. The molecule has 0 saturated carbocycles. The van der Waals surface area contributed by atoms with Crippen molar-refractivity contribution < 1.29 is 24.1 Å². The van der Waals surface area contributed by atoms with Crippen molar-refractivity contribution in [2.24, 2.45) is 0 Å². The highest BCUT2D eigenvalue weighted by Crippen LogP contribution is 2.22. The summed E-state index contributed by atoms with van der Waals surface area (Å²) >= 11 is 5.86. The van der Waals surface area contributed by atoms with Crippen molar-refractivity contribution in [3.63, 3.8) is 0 Å². The van der Waals surface area contributed by atoms with Crippen LogP contribution in [0.5, 0.6) is 11.5 Å². The topological polar surface area (TPSA) is 88.8 Å². The quantitative estimate of drug-likeness (QED) is 0.482. The van der Waals surface area contributed by atoms with Crippen LogP contribution < -0.4 is 9.47 Å². The number of aliphatic hydroxyl groups excluding tert-OH is 1. The minimum atomic E-state index is -1.20. The fourth-order valence-corrected chi connectivity index (χ4v) is 2.63. The van der Waals surface area contributed by atoms with Crippen LogP contribution in [0, 0.1) is 11.3 Å². The number of benzene rings is 2. The zero-order chi connectivity index (χ0) is 20.4. The minimum absolute atomic E-state index is 0.159. The molecule has 28 heavy (non-hydrogen) atoms. The number of nitrogens with zero attached hydrogens (tertiary/aromatic N) is 1. The van der Waals surface area contributed by atoms with Crippen LogP contribution in [-0.2, 0) is 16.0 Å². The van der Waals surface area contributed by atoms with E-state index in [-0.39, 0.29) is 13.0 Å². The number of carbonyl (C=O) groups is 1. The van der Waals surface area contributed by atoms with Crippen LogP contribution in [0.3, 0.4) is 0 Å². The molecule has 1 N–H and O–H groups in total. The van der Waals surface area contributed by atoms with E-state index in [1.165, 1.54) is 0 Å². The van der Waals surface area contributed by atoms with E-state index in [4.69, 9.17) is 31.1 Å². The van der Waals surface area contributed by atoms with Crippen molar-refractivity contribution >= 4 is 17.6 Å². The van der Waals surface area contributed by atoms with Crippen molar-refractivity contribution in [3.05, 3.63) is 58.6 Å². The number of rotatable bonds is 10. The Labute approximate surface area is 169 Å². The van der Waals surface area contributed by atoms with Crippen molar-refractivity contribution in [1.29, 1.82) is 5.26 Å². The number of ether oxygens (including phenoxy) is 3. The van der Waals surface area contributed by atoms with Crippen molar-refractivity contribution in [3.8, 4) is 17.6 Å². The van der Waals surface area contributed by atoms with E-state index in [0.717, 1.165) is 5.56 Å². The first-order valence-corrected chi connectivity index (χ1v) is 9.30. The van der Waals surface area contributed by atoms with Crippen LogP contribution in [0.4, 0.5) is 0 Å². The van der Waals surface area contributed by atoms with Gasteiger partial charge in [0.05, 0.1) is 25.4 Å². The molecule has 0 spiro atoms. The maximum Gasteiger partial charge on any atom is 0.335 e. The molecule has 0 unspecified atom stereocenters. The molecule has 0 aliphatic rings. The molecule has 7 heteroatoms. The van der Waals surface area contributed by atoms with Gasteiger partial charge in [0.15, 0.2) is 6.10 Å². The second kappa shape index (κ2) is 11.2. The summed E-state index contributed by atoms with van der Waals surface area (Å²) in [6.45, 7) is 2.72. The van der Waals surface area contributed by atoms with Crippen LogP contribution in [0.2, 0.25) is 5.02 Å². The van der Waals surface area contributed by atoms with E-state index in [1.54, 1.807) is 43.3 Å². The molecule has 2 aromatic rings. The lowest BCUT2D eigenvalue weighted by Gasteiger charge is -2.12. The summed E-state index contributed by atoms with van der Waals surface area (Å²) in [6.07, 6.45) is -0.423. The lowest BCUT2D eigenvalue weighted by atomic mass is 10.1. The van der Waals surface area contributed by atoms with Gasteiger partial charge in [-0.1, -0.05) is 23.7 Å². The van der Waals surface area contributed by atoms with Gasteiger partial charge in [-0.3, -0.25) is 0 Å². The van der Waals surface area contributed by atoms with E-state index >= 15 is 0 Å². The third-order valence-corrected chi connectivity index (χ3v) is 4.00. The fraction of sp³-hybridized carbons (Fsp3) is 0.333. The van der Waals surface area contributed by atoms with E-state index < -0.39 is 12.1 Å². The van der Waals surface area contributed by atoms with Crippen LogP contribution in [0.15, 0.2) is 42.5 Å². The van der Waals surface area contributed by atoms with Gasteiger partial charge in [0.2, 0.25) is 0 Å². The Morgan fingerprint density at radius 3 is 2.75 bits per heavy atom. The van der Waals surface area contributed by atoms with Gasteiger partial charge < -0.3 is 19.3 Å². The van der Waals surface area contributed by atoms with E-state index in [9.17, 15) is 9.90 Å². The number of hydrogen-bond acceptors (Lipinski definition) is 6. The Morgan fingerprint density at radius 2 is 2.00 bits per heavy atom. The zero-order valence-corrected chi connectivity index (χ0v) is 16.3. The summed E-state index contributed by atoms with van der Waals surface area (Å²) in [7, 11) is 0. The largest absolute Gasteiger partial charge is 0.493 e. The predicted molar refractivity (Wildman–Crippen MR) is 105 cm³/mol. The van der Waals surface area contributed by atoms with Crippen molar-refractivity contribution in [1.82, 2.24) is 0 Å². The molecule has 0 aromatic heterocycles. The summed E-state index contributed by atoms with van der Waals surface area (Å²) in [5.41, 5.74) is 1.16. The van der Waals surface area contributed by atoms with Gasteiger partial charge in [-0.2, -0.15) is 5.26 Å². The average Bonchev–Trinajstić information content (AvgIpc) is 2.69. The van der Waals surface area contributed by atoms with Gasteiger partial charge in [0.25, 0.3) is 0 Å². The zero-order valence-electron chi connectivity index (χ0n) is 15.6. The van der Waals surface area contributed by atoms with Gasteiger partial charge in [-0.25, -0.2) is 4.79 Å². The lowest BCUT2D eigenvalue weighted by molar-refractivity contribution is -0.152. The summed E-state index contributed by atoms with van der Waals surface area (Å²) in [5, 5.41) is 19.4. The Balaban J connectivity index is 1.78. The third kappa shape index (κ3) is 6.76. The maximum atomic E-state index is 11.5. The van der Waals surface area contributed by atoms with Crippen LogP contribution >= 0.6 is 11.6 Å². The average molecular weight is 404 g/mol. The molecule has 0 aliphatic heterocycles. The predicted octanol–water partition coefficient (Wildman–Crippen LogP) is 3.53. The van der Waals surface area contributed by atoms with Gasteiger partial charge in [0, 0.05) is 17.9 Å². The normalized spacial score (nSPS) is 11.4. The smallest absolute Gasteiger partial charge is 0.335 e. The standard InChI is InChI=1S/C21H22ClNO5/c1-2-26-21(25)19(24)12-15-5-3-6-18(11-15)27-9-4-10-28-20-8-7-17(22)13-16(20)14-23/h3,5-8,11,13,19,24H,2,4,9-10,12H2,1H3/t19-/m0/s1. The molecule has 2 rings (SSSR count). The molecule has 0 fully saturated rings. The Bertz CT molecular complexity index is 834. The van der Waals surface area contributed by atoms with Gasteiger partial charge in [0.1, 0.15) is 17.6 Å². The number of halogens is 1. The minimum Gasteiger partial charge on any atom is -0.493 e. The third-order valence-electron chi connectivity index (χ3n) is 3.76. The molecular formula is C21H22ClNO5. The number of nitriles is 1. The highest BCUT2D eigenvalue weighted by molar-refractivity contribution is 6.30. The van der Waals surface area contributed by atoms with Crippen LogP contribution in [0.25, 0.3) is 0 Å². The first kappa shape index (κ1) is 21.5. The second-order valence-electron chi connectivity index (χ2n) is 5.92. The summed E-state index contributed by atoms with van der Waals surface area (Å²) in [4.78, 5) is 11.5. The van der Waals surface area contributed by atoms with Crippen LogP contribution in [-0.4, -0.2) is 37.0 Å². The number of esters is 1. The number of carbonyl (C=O) groups excluding carboxylic acids is 1. The fourth-order valence-electron chi connectivity index (χ4n) is 2.45. The second-order valence-corrected chi connectivity index (χ2v) is 6.36. The molecule has 1 atom stereocenters. The van der Waals surface area contributed by atoms with E-state index in [2.05, 4.69) is 0 Å². The first-order chi connectivity index (χ1) is 13.5. The highest BCUT2D eigenvalue weighted by Gasteiger charge is 2.16. The van der Waals surface area contributed by atoms with E-state index in [0.29, 0.717) is 41.7 Å². The Hall–Kier alpha value is -2.75. The number of aliphatic hydroxyl groups is 1. The highest BCUT2D eigenvalue weighted by atomic mass is 35.5. The van der Waals surface area contributed by atoms with Crippen LogP contribution in [0.1, 0.15) is 24.5 Å². The Morgan fingerprint density at radius 1 is 1.21 bits per heavy atom. The molecule has 2 aromatic carbocycles. The summed E-state index contributed by atoms with van der Waals surface area (Å²) in [5.74, 6) is 0.490. The molecule has 0 heterocycles. The molecule has 0 bridgehead atoms. The number of hydrogen-bond donors (Lipinski definition) is 1. The summed E-state index contributed by atoms with van der Waals surface area (Å²) < 4.78 is 16.1. The van der Waals surface area contributed by atoms with Gasteiger partial charge in [-0.05, 0) is 42.8 Å². The molecule has 0 aliphatic carbocycles. The van der Waals surface area contributed by atoms with E-state index in [1.807, 2.05) is 12.1 Å². The monoisotopic (exact) mass is 403 g/mol. The van der Waals surface area contributed by atoms with Gasteiger partial charge in [-0.15, -0.1) is 0 Å². The molecule has 0 saturated heterocycles. The summed E-state index contributed by atoms with van der Waals surface area (Å²) in [6, 6.07) is 14.1. The molecule has 0 amide bonds. The molecule has 148 valence electrons. The van der Waals surface area contributed by atoms with Crippen molar-refractivity contribution in [2.45, 2.75) is 25.9 Å². The SMILES string of the molecule is CCOC(=O)[C@@H](O)Cc1cccc(OCCCOc2ccc(Cl)cc2C#N)c1. The molecular weight excluding hydrogens is 382 g/mol. The first-order valence-electron chi connectivity index (χ1n) is 8.92. The Kier molecular flexibility index (Phi) is 8.60. The lowest BCUT2D eigenvalue weighted by Crippen LogP contribution is -2.25. The van der Waals surface area contributed by atoms with Crippen molar-refractivity contribution in [2.75, 3.05) is 19.8 Å². The van der Waals surface area contributed by atoms with Gasteiger partial charge >= 0.3 is 5.97 Å². The molecule has 0 radical (unpaired) electrons.